The van der Waals surface area contributed by atoms with Gasteiger partial charge in [0.25, 0.3) is 0 Å². The molecule has 2 N–H and O–H groups in total. The van der Waals surface area contributed by atoms with Gasteiger partial charge in [-0.15, -0.1) is 0 Å². The molecule has 0 radical (unpaired) electrons. The molecule has 6 heteroatoms. The molecule has 0 unspecified atom stereocenters. The van der Waals surface area contributed by atoms with E-state index in [0.717, 1.165) is 32.1 Å². The standard InChI is InChI=1S/C20H38O5Si/c1-15(21)10-8-7-9-11-16-12-13-17(18(24-16)14-19(22)23)25-26(5,6)20(2,3)4/h9,11,15-18,21H,7-8,10,12-14H2,1-6H3,(H,22,23)/b11-9+/t15-,16-,17-,18-/m1/s1. The number of unbranched alkanes of at least 4 members (excludes halogenated alkanes) is 1. The summed E-state index contributed by atoms with van der Waals surface area (Å²) >= 11 is 0. The molecule has 152 valence electrons. The molecule has 0 bridgehead atoms. The predicted molar refractivity (Wildman–Crippen MR) is 107 cm³/mol. The van der Waals surface area contributed by atoms with Crippen LogP contribution in [0, 0.1) is 0 Å². The number of ether oxygens (including phenoxy) is 1. The maximum absolute atomic E-state index is 11.3. The second-order valence-electron chi connectivity index (χ2n) is 9.01. The molecule has 0 aromatic rings. The van der Waals surface area contributed by atoms with Gasteiger partial charge in [0.1, 0.15) is 0 Å². The highest BCUT2D eigenvalue weighted by molar-refractivity contribution is 6.74. The summed E-state index contributed by atoms with van der Waals surface area (Å²) in [5, 5.41) is 18.6. The minimum atomic E-state index is -1.97. The number of carbonyl (C=O) groups is 1. The Labute approximate surface area is 159 Å². The van der Waals surface area contributed by atoms with Crippen molar-refractivity contribution in [2.24, 2.45) is 0 Å². The summed E-state index contributed by atoms with van der Waals surface area (Å²) < 4.78 is 12.5. The van der Waals surface area contributed by atoms with Crippen LogP contribution in [0.4, 0.5) is 0 Å². The molecule has 1 aliphatic rings. The molecule has 1 heterocycles. The van der Waals surface area contributed by atoms with Crippen LogP contribution in [0.1, 0.15) is 66.2 Å². The molecule has 0 aromatic carbocycles. The van der Waals surface area contributed by atoms with Gasteiger partial charge in [-0.3, -0.25) is 4.79 Å². The normalized spacial score (nSPS) is 26.2. The Balaban J connectivity index is 2.65. The number of carboxylic acid groups (broad SMARTS) is 1. The Morgan fingerprint density at radius 2 is 2.00 bits per heavy atom. The number of hydrogen-bond donors (Lipinski definition) is 2. The SMILES string of the molecule is C[C@@H](O)CCC/C=C/[C@@H]1CC[C@@H](O[Si](C)(C)C(C)(C)C)[C@@H](CC(=O)O)O1. The highest BCUT2D eigenvalue weighted by Gasteiger charge is 2.42. The molecular formula is C20H38O5Si. The smallest absolute Gasteiger partial charge is 0.306 e. The van der Waals surface area contributed by atoms with E-state index in [1.807, 2.05) is 6.08 Å². The zero-order valence-corrected chi connectivity index (χ0v) is 18.3. The maximum atomic E-state index is 11.3. The van der Waals surface area contributed by atoms with Crippen molar-refractivity contribution in [1.82, 2.24) is 0 Å². The van der Waals surface area contributed by atoms with Crippen molar-refractivity contribution in [3.63, 3.8) is 0 Å². The summed E-state index contributed by atoms with van der Waals surface area (Å²) in [6.45, 7) is 12.8. The van der Waals surface area contributed by atoms with E-state index in [1.165, 1.54) is 0 Å². The summed E-state index contributed by atoms with van der Waals surface area (Å²) in [7, 11) is -1.97. The van der Waals surface area contributed by atoms with Crippen LogP contribution in [0.3, 0.4) is 0 Å². The summed E-state index contributed by atoms with van der Waals surface area (Å²) in [4.78, 5) is 11.3. The van der Waals surface area contributed by atoms with Crippen molar-refractivity contribution >= 4 is 14.3 Å². The van der Waals surface area contributed by atoms with Crippen LogP contribution in [0.5, 0.6) is 0 Å². The Kier molecular flexibility index (Phi) is 8.99. The molecular weight excluding hydrogens is 348 g/mol. The van der Waals surface area contributed by atoms with Crippen LogP contribution in [-0.2, 0) is 14.0 Å². The molecule has 0 aromatic heterocycles. The zero-order chi connectivity index (χ0) is 20.0. The first kappa shape index (κ1) is 23.3. The topological polar surface area (TPSA) is 76.0 Å². The van der Waals surface area contributed by atoms with Crippen LogP contribution < -0.4 is 0 Å². The van der Waals surface area contributed by atoms with Crippen molar-refractivity contribution in [3.05, 3.63) is 12.2 Å². The fraction of sp³-hybridized carbons (Fsp3) is 0.850. The van der Waals surface area contributed by atoms with Gasteiger partial charge in [-0.05, 0) is 57.2 Å². The highest BCUT2D eigenvalue weighted by atomic mass is 28.4. The molecule has 0 aliphatic carbocycles. The number of aliphatic hydroxyl groups is 1. The van der Waals surface area contributed by atoms with E-state index >= 15 is 0 Å². The Morgan fingerprint density at radius 1 is 1.35 bits per heavy atom. The molecule has 4 atom stereocenters. The number of rotatable bonds is 9. The Morgan fingerprint density at radius 3 is 2.54 bits per heavy atom. The van der Waals surface area contributed by atoms with E-state index in [2.05, 4.69) is 39.9 Å². The molecule has 1 saturated heterocycles. The van der Waals surface area contributed by atoms with Gasteiger partial charge in [0.2, 0.25) is 0 Å². The largest absolute Gasteiger partial charge is 0.481 e. The van der Waals surface area contributed by atoms with E-state index in [1.54, 1.807) is 6.92 Å². The number of aliphatic carboxylic acids is 1. The summed E-state index contributed by atoms with van der Waals surface area (Å²) in [6, 6.07) is 0. The summed E-state index contributed by atoms with van der Waals surface area (Å²) in [5.74, 6) is -0.847. The van der Waals surface area contributed by atoms with Crippen molar-refractivity contribution in [2.75, 3.05) is 0 Å². The van der Waals surface area contributed by atoms with E-state index in [-0.39, 0.29) is 29.8 Å². The number of hydrogen-bond acceptors (Lipinski definition) is 4. The van der Waals surface area contributed by atoms with Crippen LogP contribution >= 0.6 is 0 Å². The van der Waals surface area contributed by atoms with Gasteiger partial charge in [-0.1, -0.05) is 32.9 Å². The lowest BCUT2D eigenvalue weighted by Crippen LogP contribution is -2.50. The minimum Gasteiger partial charge on any atom is -0.481 e. The van der Waals surface area contributed by atoms with Gasteiger partial charge in [0, 0.05) is 0 Å². The van der Waals surface area contributed by atoms with Gasteiger partial charge >= 0.3 is 5.97 Å². The minimum absolute atomic E-state index is 0.0222. The summed E-state index contributed by atoms with van der Waals surface area (Å²) in [6.07, 6.45) is 7.55. The third-order valence-corrected chi connectivity index (χ3v) is 9.98. The third-order valence-electron chi connectivity index (χ3n) is 5.47. The van der Waals surface area contributed by atoms with Crippen molar-refractivity contribution < 1.29 is 24.2 Å². The summed E-state index contributed by atoms with van der Waals surface area (Å²) in [5.41, 5.74) is 0. The van der Waals surface area contributed by atoms with Gasteiger partial charge < -0.3 is 19.4 Å². The van der Waals surface area contributed by atoms with Crippen molar-refractivity contribution in [3.8, 4) is 0 Å². The average Bonchev–Trinajstić information content (AvgIpc) is 2.47. The first-order valence-corrected chi connectivity index (χ1v) is 12.7. The second kappa shape index (κ2) is 10.0. The number of carboxylic acids is 1. The van der Waals surface area contributed by atoms with E-state index in [9.17, 15) is 15.0 Å². The average molecular weight is 387 g/mol. The lowest BCUT2D eigenvalue weighted by molar-refractivity contribution is -0.148. The highest BCUT2D eigenvalue weighted by Crippen LogP contribution is 2.39. The Bertz CT molecular complexity index is 467. The molecule has 0 saturated carbocycles. The van der Waals surface area contributed by atoms with Crippen LogP contribution in [0.25, 0.3) is 0 Å². The molecule has 1 fully saturated rings. The van der Waals surface area contributed by atoms with E-state index in [4.69, 9.17) is 9.16 Å². The quantitative estimate of drug-likeness (QED) is 0.346. The van der Waals surface area contributed by atoms with E-state index < -0.39 is 20.4 Å². The van der Waals surface area contributed by atoms with Crippen LogP contribution in [0.2, 0.25) is 18.1 Å². The first-order chi connectivity index (χ1) is 11.9. The van der Waals surface area contributed by atoms with Crippen molar-refractivity contribution in [2.45, 2.75) is 109 Å². The van der Waals surface area contributed by atoms with Crippen molar-refractivity contribution in [1.29, 1.82) is 0 Å². The van der Waals surface area contributed by atoms with Gasteiger partial charge in [-0.25, -0.2) is 0 Å². The molecule has 0 spiro atoms. The van der Waals surface area contributed by atoms with Crippen LogP contribution in [0.15, 0.2) is 12.2 Å². The predicted octanol–water partition coefficient (Wildman–Crippen LogP) is 4.51. The third kappa shape index (κ3) is 7.90. The monoisotopic (exact) mass is 386 g/mol. The molecule has 0 amide bonds. The second-order valence-corrected chi connectivity index (χ2v) is 13.8. The van der Waals surface area contributed by atoms with Gasteiger partial charge in [0.05, 0.1) is 30.8 Å². The molecule has 26 heavy (non-hydrogen) atoms. The lowest BCUT2D eigenvalue weighted by atomic mass is 9.98. The first-order valence-electron chi connectivity index (χ1n) is 9.82. The fourth-order valence-corrected chi connectivity index (χ4v) is 4.24. The molecule has 1 aliphatic heterocycles. The van der Waals surface area contributed by atoms with E-state index in [0.29, 0.717) is 0 Å². The Hall–Kier alpha value is -0.693. The fourth-order valence-electron chi connectivity index (χ4n) is 2.86. The number of allylic oxidation sites excluding steroid dienone is 1. The maximum Gasteiger partial charge on any atom is 0.306 e. The lowest BCUT2D eigenvalue weighted by Gasteiger charge is -2.43. The van der Waals surface area contributed by atoms with Crippen LogP contribution in [-0.4, -0.2) is 48.9 Å². The van der Waals surface area contributed by atoms with Gasteiger partial charge in [0.15, 0.2) is 8.32 Å². The molecule has 1 rings (SSSR count). The molecule has 5 nitrogen and oxygen atoms in total. The zero-order valence-electron chi connectivity index (χ0n) is 17.3. The number of aliphatic hydroxyl groups excluding tert-OH is 1. The van der Waals surface area contributed by atoms with Gasteiger partial charge in [-0.2, -0.15) is 0 Å².